The smallest absolute Gasteiger partial charge is 0.200 e. The number of benzene rings is 1. The number of hydrogen-bond donors (Lipinski definition) is 1. The third kappa shape index (κ3) is 2.91. The molecule has 0 amide bonds. The van der Waals surface area contributed by atoms with Crippen LogP contribution in [-0.2, 0) is 6.42 Å². The minimum Gasteiger partial charge on any atom is -0.328 e. The van der Waals surface area contributed by atoms with Gasteiger partial charge in [0.1, 0.15) is 5.82 Å². The molecule has 0 saturated heterocycles. The van der Waals surface area contributed by atoms with Crippen molar-refractivity contribution in [2.75, 3.05) is 0 Å². The van der Waals surface area contributed by atoms with Gasteiger partial charge >= 0.3 is 0 Å². The first kappa shape index (κ1) is 14.0. The third-order valence-corrected chi connectivity index (χ3v) is 4.15. The minimum absolute atomic E-state index is 0.101. The second kappa shape index (κ2) is 5.83. The predicted molar refractivity (Wildman–Crippen MR) is 80.9 cm³/mol. The topological polar surface area (TPSA) is 56.2 Å². The second-order valence-electron chi connectivity index (χ2n) is 4.91. The monoisotopic (exact) mass is 302 g/mol. The molecule has 2 heterocycles. The van der Waals surface area contributed by atoms with Gasteiger partial charge in [-0.2, -0.15) is 0 Å². The van der Waals surface area contributed by atoms with Crippen molar-refractivity contribution in [2.24, 2.45) is 5.73 Å². The van der Waals surface area contributed by atoms with Crippen molar-refractivity contribution in [3.8, 4) is 0 Å². The van der Waals surface area contributed by atoms with Crippen LogP contribution in [0.1, 0.15) is 12.5 Å². The number of fused-ring (bicyclic) bond motifs is 1. The number of nitrogens with zero attached hydrogens (tertiary/aromatic N) is 3. The van der Waals surface area contributed by atoms with Crippen LogP contribution in [0.5, 0.6) is 0 Å². The van der Waals surface area contributed by atoms with E-state index in [-0.39, 0.29) is 11.9 Å². The lowest BCUT2D eigenvalue weighted by molar-refractivity contribution is 0.588. The summed E-state index contributed by atoms with van der Waals surface area (Å²) in [6.45, 7) is 1.87. The van der Waals surface area contributed by atoms with Gasteiger partial charge in [0, 0.05) is 22.7 Å². The summed E-state index contributed by atoms with van der Waals surface area (Å²) in [6, 6.07) is 10.6. The Labute approximate surface area is 126 Å². The molecule has 4 nitrogen and oxygen atoms in total. The van der Waals surface area contributed by atoms with E-state index in [1.54, 1.807) is 6.07 Å². The van der Waals surface area contributed by atoms with Crippen LogP contribution >= 0.6 is 11.8 Å². The zero-order valence-electron chi connectivity index (χ0n) is 11.5. The number of rotatable bonds is 4. The number of hydrogen-bond acceptors (Lipinski definition) is 4. The molecule has 0 saturated carbocycles. The van der Waals surface area contributed by atoms with Gasteiger partial charge in [-0.1, -0.05) is 12.1 Å². The molecule has 21 heavy (non-hydrogen) atoms. The summed E-state index contributed by atoms with van der Waals surface area (Å²) >= 11 is 1.40. The molecule has 0 aliphatic rings. The molecule has 1 unspecified atom stereocenters. The molecule has 0 bridgehead atoms. The van der Waals surface area contributed by atoms with Crippen LogP contribution < -0.4 is 5.73 Å². The molecule has 0 radical (unpaired) electrons. The summed E-state index contributed by atoms with van der Waals surface area (Å²) < 4.78 is 15.9. The standard InChI is InChI=1S/C15H15FN4S/c1-10(17)9-11-12(16)5-4-6-13(11)21-15-19-18-14-7-2-3-8-20(14)15/h2-8,10H,9,17H2,1H3. The lowest BCUT2D eigenvalue weighted by Gasteiger charge is -2.11. The largest absolute Gasteiger partial charge is 0.328 e. The molecule has 1 atom stereocenters. The third-order valence-electron chi connectivity index (χ3n) is 3.09. The molecule has 0 aliphatic heterocycles. The van der Waals surface area contributed by atoms with Crippen molar-refractivity contribution >= 4 is 17.4 Å². The minimum atomic E-state index is -0.230. The fraction of sp³-hybridized carbons (Fsp3) is 0.200. The first-order valence-electron chi connectivity index (χ1n) is 6.66. The number of aromatic nitrogens is 3. The van der Waals surface area contributed by atoms with Crippen molar-refractivity contribution in [3.05, 3.63) is 54.0 Å². The van der Waals surface area contributed by atoms with Crippen LogP contribution in [0.3, 0.4) is 0 Å². The second-order valence-corrected chi connectivity index (χ2v) is 5.92. The van der Waals surface area contributed by atoms with Crippen molar-refractivity contribution < 1.29 is 4.39 Å². The maximum Gasteiger partial charge on any atom is 0.200 e. The highest BCUT2D eigenvalue weighted by Gasteiger charge is 2.14. The van der Waals surface area contributed by atoms with Crippen LogP contribution in [-0.4, -0.2) is 20.6 Å². The molecule has 0 aliphatic carbocycles. The summed E-state index contributed by atoms with van der Waals surface area (Å²) in [6.07, 6.45) is 2.38. The Hall–Kier alpha value is -1.92. The van der Waals surface area contributed by atoms with Crippen molar-refractivity contribution in [2.45, 2.75) is 29.4 Å². The first-order valence-corrected chi connectivity index (χ1v) is 7.47. The number of halogens is 1. The average Bonchev–Trinajstić information content (AvgIpc) is 2.86. The molecule has 1 aromatic carbocycles. The van der Waals surface area contributed by atoms with Crippen LogP contribution in [0.15, 0.2) is 52.6 Å². The molecular weight excluding hydrogens is 287 g/mol. The molecular formula is C15H15FN4S. The fourth-order valence-electron chi connectivity index (χ4n) is 2.14. The summed E-state index contributed by atoms with van der Waals surface area (Å²) in [5.41, 5.74) is 7.22. The summed E-state index contributed by atoms with van der Waals surface area (Å²) in [5.74, 6) is -0.230. The molecule has 2 aromatic heterocycles. The van der Waals surface area contributed by atoms with Crippen molar-refractivity contribution in [1.29, 1.82) is 0 Å². The van der Waals surface area contributed by atoms with Crippen LogP contribution in [0.2, 0.25) is 0 Å². The molecule has 108 valence electrons. The Kier molecular flexibility index (Phi) is 3.90. The maximum absolute atomic E-state index is 14.0. The van der Waals surface area contributed by atoms with Crippen LogP contribution in [0.25, 0.3) is 5.65 Å². The van der Waals surface area contributed by atoms with Gasteiger partial charge in [-0.15, -0.1) is 10.2 Å². The Balaban J connectivity index is 2.00. The van der Waals surface area contributed by atoms with E-state index in [9.17, 15) is 4.39 Å². The SMILES string of the molecule is CC(N)Cc1c(F)cccc1Sc1nnc2ccccn12. The lowest BCUT2D eigenvalue weighted by Crippen LogP contribution is -2.19. The average molecular weight is 302 g/mol. The Bertz CT molecular complexity index is 769. The number of nitrogens with two attached hydrogens (primary N) is 1. The molecule has 0 spiro atoms. The molecule has 3 aromatic rings. The van der Waals surface area contributed by atoms with Gasteiger partial charge in [0.15, 0.2) is 10.8 Å². The van der Waals surface area contributed by atoms with Gasteiger partial charge in [0.05, 0.1) is 0 Å². The molecule has 0 fully saturated rings. The van der Waals surface area contributed by atoms with Gasteiger partial charge in [-0.25, -0.2) is 4.39 Å². The predicted octanol–water partition coefficient (Wildman–Crippen LogP) is 2.91. The van der Waals surface area contributed by atoms with E-state index in [4.69, 9.17) is 5.73 Å². The summed E-state index contributed by atoms with van der Waals surface area (Å²) in [5, 5.41) is 8.97. The summed E-state index contributed by atoms with van der Waals surface area (Å²) in [4.78, 5) is 0.824. The van der Waals surface area contributed by atoms with Crippen molar-refractivity contribution in [3.63, 3.8) is 0 Å². The highest BCUT2D eigenvalue weighted by Crippen LogP contribution is 2.31. The Morgan fingerprint density at radius 1 is 1.24 bits per heavy atom. The Morgan fingerprint density at radius 3 is 2.90 bits per heavy atom. The lowest BCUT2D eigenvalue weighted by atomic mass is 10.1. The van der Waals surface area contributed by atoms with E-state index in [2.05, 4.69) is 10.2 Å². The van der Waals surface area contributed by atoms with Gasteiger partial charge in [-0.05, 0) is 49.4 Å². The Morgan fingerprint density at radius 2 is 2.10 bits per heavy atom. The zero-order chi connectivity index (χ0) is 14.8. The molecule has 3 rings (SSSR count). The normalized spacial score (nSPS) is 12.7. The van der Waals surface area contributed by atoms with E-state index in [1.165, 1.54) is 17.8 Å². The van der Waals surface area contributed by atoms with E-state index < -0.39 is 0 Å². The molecule has 2 N–H and O–H groups in total. The van der Waals surface area contributed by atoms with Crippen LogP contribution in [0, 0.1) is 5.82 Å². The van der Waals surface area contributed by atoms with E-state index in [0.29, 0.717) is 17.1 Å². The van der Waals surface area contributed by atoms with Gasteiger partial charge in [0.25, 0.3) is 0 Å². The van der Waals surface area contributed by atoms with E-state index in [1.807, 2.05) is 41.8 Å². The van der Waals surface area contributed by atoms with E-state index in [0.717, 1.165) is 10.5 Å². The summed E-state index contributed by atoms with van der Waals surface area (Å²) in [7, 11) is 0. The number of pyridine rings is 1. The van der Waals surface area contributed by atoms with Crippen LogP contribution in [0.4, 0.5) is 4.39 Å². The van der Waals surface area contributed by atoms with Gasteiger partial charge < -0.3 is 5.73 Å². The zero-order valence-corrected chi connectivity index (χ0v) is 12.3. The maximum atomic E-state index is 14.0. The van der Waals surface area contributed by atoms with E-state index >= 15 is 0 Å². The quantitative estimate of drug-likeness (QED) is 0.805. The van der Waals surface area contributed by atoms with Crippen molar-refractivity contribution in [1.82, 2.24) is 14.6 Å². The fourth-order valence-corrected chi connectivity index (χ4v) is 3.12. The first-order chi connectivity index (χ1) is 10.1. The molecule has 6 heteroatoms. The highest BCUT2D eigenvalue weighted by atomic mass is 32.2. The van der Waals surface area contributed by atoms with Gasteiger partial charge in [0.2, 0.25) is 0 Å². The highest BCUT2D eigenvalue weighted by molar-refractivity contribution is 7.99. The van der Waals surface area contributed by atoms with Gasteiger partial charge in [-0.3, -0.25) is 4.40 Å².